The fourth-order valence-electron chi connectivity index (χ4n) is 12.3. The summed E-state index contributed by atoms with van der Waals surface area (Å²) in [4.78, 5) is 19.0. The second kappa shape index (κ2) is 9.68. The zero-order valence-electron chi connectivity index (χ0n) is 27.4. The molecule has 0 aliphatic heterocycles. The quantitative estimate of drug-likeness (QED) is 0.349. The topological polar surface area (TPSA) is 63.3 Å². The number of carbonyl (C=O) groups excluding carboxylic acids is 1. The number of oxazole rings is 1. The first-order chi connectivity index (χ1) is 20.2. The van der Waals surface area contributed by atoms with Gasteiger partial charge in [-0.15, -0.1) is 11.6 Å². The lowest BCUT2D eigenvalue weighted by Crippen LogP contribution is -2.65. The van der Waals surface area contributed by atoms with E-state index in [0.717, 1.165) is 61.3 Å². The second-order valence-corrected chi connectivity index (χ2v) is 17.5. The molecule has 234 valence electrons. The number of hydrogen-bond acceptors (Lipinski definition) is 4. The van der Waals surface area contributed by atoms with Crippen LogP contribution in [-0.2, 0) is 10.2 Å². The van der Waals surface area contributed by atoms with Gasteiger partial charge in [-0.25, -0.2) is 4.98 Å². The van der Waals surface area contributed by atoms with Crippen LogP contribution in [0.5, 0.6) is 0 Å². The van der Waals surface area contributed by atoms with E-state index in [-0.39, 0.29) is 39.1 Å². The number of aliphatic hydroxyl groups is 1. The van der Waals surface area contributed by atoms with E-state index < -0.39 is 5.41 Å². The molecule has 1 aromatic heterocycles. The zero-order chi connectivity index (χ0) is 30.7. The number of aliphatic hydroxyl groups excluding tert-OH is 1. The van der Waals surface area contributed by atoms with Crippen molar-refractivity contribution >= 4 is 23.0 Å². The third-order valence-electron chi connectivity index (χ3n) is 14.7. The van der Waals surface area contributed by atoms with E-state index in [9.17, 15) is 9.90 Å². The van der Waals surface area contributed by atoms with Gasteiger partial charge in [0.2, 0.25) is 5.89 Å². The summed E-state index contributed by atoms with van der Waals surface area (Å²) in [6.07, 6.45) is 17.9. The Morgan fingerprint density at radius 3 is 2.44 bits per heavy atom. The molecule has 1 aromatic rings. The summed E-state index contributed by atoms with van der Waals surface area (Å²) >= 11 is 6.30. The van der Waals surface area contributed by atoms with Crippen LogP contribution in [0.2, 0.25) is 0 Å². The van der Waals surface area contributed by atoms with Crippen molar-refractivity contribution in [1.82, 2.24) is 4.98 Å². The Balaban J connectivity index is 1.30. The molecule has 1 heterocycles. The minimum absolute atomic E-state index is 0.0231. The van der Waals surface area contributed by atoms with Gasteiger partial charge < -0.3 is 9.52 Å². The summed E-state index contributed by atoms with van der Waals surface area (Å²) in [6, 6.07) is 0. The minimum atomic E-state index is -0.436. The number of Topliss-reactive ketones (excluding diaryl/α,β-unsaturated/α-hetero) is 1. The number of nitrogens with zero attached hydrogens (tertiary/aromatic N) is 1. The fraction of sp³-hybridized carbons (Fsp3) is 0.737. The molecule has 4 fully saturated rings. The molecule has 6 aliphatic rings. The average Bonchev–Trinajstić information content (AvgIpc) is 3.55. The van der Waals surface area contributed by atoms with Crippen molar-refractivity contribution in [2.45, 2.75) is 130 Å². The maximum atomic E-state index is 14.0. The van der Waals surface area contributed by atoms with Gasteiger partial charge in [0.1, 0.15) is 0 Å². The molecule has 9 atom stereocenters. The number of hydrogen-bond donors (Lipinski definition) is 1. The van der Waals surface area contributed by atoms with Crippen LogP contribution in [0.4, 0.5) is 0 Å². The van der Waals surface area contributed by atoms with Gasteiger partial charge in [-0.2, -0.15) is 0 Å². The summed E-state index contributed by atoms with van der Waals surface area (Å²) in [6.45, 7) is 16.9. The summed E-state index contributed by atoms with van der Waals surface area (Å²) in [5, 5.41) is 11.1. The number of fused-ring (bicyclic) bond motifs is 7. The molecule has 5 heteroatoms. The van der Waals surface area contributed by atoms with E-state index in [4.69, 9.17) is 21.0 Å². The highest BCUT2D eigenvalue weighted by molar-refractivity contribution is 6.22. The highest BCUT2D eigenvalue weighted by Crippen LogP contribution is 2.76. The lowest BCUT2D eigenvalue weighted by molar-refractivity contribution is -0.227. The van der Waals surface area contributed by atoms with Gasteiger partial charge in [0.05, 0.1) is 23.1 Å². The van der Waals surface area contributed by atoms with Crippen molar-refractivity contribution in [2.75, 3.05) is 0 Å². The predicted octanol–water partition coefficient (Wildman–Crippen LogP) is 9.22. The predicted molar refractivity (Wildman–Crippen MR) is 173 cm³/mol. The molecular weight excluding hydrogens is 554 g/mol. The summed E-state index contributed by atoms with van der Waals surface area (Å²) in [5.74, 6) is 3.56. The third kappa shape index (κ3) is 3.90. The number of halogens is 1. The molecule has 4 nitrogen and oxygen atoms in total. The molecule has 4 saturated carbocycles. The van der Waals surface area contributed by atoms with Crippen molar-refractivity contribution in [3.05, 3.63) is 47.2 Å². The number of carbonyl (C=O) groups is 1. The maximum absolute atomic E-state index is 14.0. The zero-order valence-corrected chi connectivity index (χ0v) is 28.2. The lowest BCUT2D eigenvalue weighted by Gasteiger charge is -2.72. The standard InChI is InChI=1S/C38H52ClNO3/c1-22(2)31-26(41)20-38(33-40-21-27(43-33)23-8-10-24(39)11-9-23)19-18-36(6)25(32(31)38)12-13-29-35(5)16-15-30(42)34(3,4)28(35)14-17-37(29,36)7/h8-10,21-22,24-25,28-30,42H,11-20H2,1-7H3/t24-,25?,28+,29-,30+,35?,36-,37?,38?/m1/s1. The van der Waals surface area contributed by atoms with Gasteiger partial charge in [0, 0.05) is 12.0 Å². The van der Waals surface area contributed by atoms with Crippen LogP contribution in [-0.4, -0.2) is 27.4 Å². The first kappa shape index (κ1) is 30.0. The Kier molecular flexibility index (Phi) is 6.76. The Morgan fingerprint density at radius 1 is 0.977 bits per heavy atom. The summed E-state index contributed by atoms with van der Waals surface area (Å²) < 4.78 is 6.66. The minimum Gasteiger partial charge on any atom is -0.440 e. The van der Waals surface area contributed by atoms with Crippen LogP contribution in [0.3, 0.4) is 0 Å². The molecule has 0 radical (unpaired) electrons. The SMILES string of the molecule is CC(C)C1=C2C3CC[C@@H]4C5(C)CC[C@H](O)C(C)(C)[C@@H]5CCC4(C)[C@]3(C)CCC2(c2ncc(C3=CC[C@H](Cl)C=C3)o2)CC1=O. The first-order valence-corrected chi connectivity index (χ1v) is 17.6. The van der Waals surface area contributed by atoms with Crippen molar-refractivity contribution in [3.63, 3.8) is 0 Å². The molecular formula is C38H52ClNO3. The number of allylic oxidation sites excluding steroid dienone is 6. The van der Waals surface area contributed by atoms with Crippen LogP contribution in [0.1, 0.15) is 124 Å². The fourth-order valence-corrected chi connectivity index (χ4v) is 12.4. The Bertz CT molecular complexity index is 1430. The number of ketones is 1. The van der Waals surface area contributed by atoms with Gasteiger partial charge >= 0.3 is 0 Å². The molecule has 1 N–H and O–H groups in total. The summed E-state index contributed by atoms with van der Waals surface area (Å²) in [7, 11) is 0. The normalized spacial score (nSPS) is 45.4. The molecule has 0 amide bonds. The van der Waals surface area contributed by atoms with Crippen molar-refractivity contribution in [1.29, 1.82) is 0 Å². The smallest absolute Gasteiger partial charge is 0.205 e. The molecule has 7 rings (SSSR count). The van der Waals surface area contributed by atoms with E-state index in [1.54, 1.807) is 0 Å². The van der Waals surface area contributed by atoms with Crippen LogP contribution in [0.25, 0.3) is 5.57 Å². The van der Waals surface area contributed by atoms with E-state index in [2.05, 4.69) is 54.5 Å². The van der Waals surface area contributed by atoms with Gasteiger partial charge in [-0.1, -0.05) is 66.7 Å². The molecule has 4 unspecified atom stereocenters. The lowest BCUT2D eigenvalue weighted by atomic mass is 9.33. The summed E-state index contributed by atoms with van der Waals surface area (Å²) in [5.41, 5.74) is 3.53. The highest BCUT2D eigenvalue weighted by Gasteiger charge is 2.70. The van der Waals surface area contributed by atoms with E-state index in [1.807, 2.05) is 18.3 Å². The average molecular weight is 606 g/mol. The van der Waals surface area contributed by atoms with Crippen molar-refractivity contribution < 1.29 is 14.3 Å². The largest absolute Gasteiger partial charge is 0.440 e. The van der Waals surface area contributed by atoms with Crippen LogP contribution in [0.15, 0.2) is 40.0 Å². The van der Waals surface area contributed by atoms with E-state index >= 15 is 0 Å². The van der Waals surface area contributed by atoms with E-state index in [1.165, 1.54) is 24.8 Å². The van der Waals surface area contributed by atoms with Crippen LogP contribution < -0.4 is 0 Å². The van der Waals surface area contributed by atoms with Crippen LogP contribution in [0, 0.1) is 45.3 Å². The molecule has 0 spiro atoms. The van der Waals surface area contributed by atoms with Crippen LogP contribution >= 0.6 is 11.6 Å². The van der Waals surface area contributed by atoms with Crippen molar-refractivity contribution in [2.24, 2.45) is 45.3 Å². The highest BCUT2D eigenvalue weighted by atomic mass is 35.5. The molecule has 43 heavy (non-hydrogen) atoms. The monoisotopic (exact) mass is 605 g/mol. The van der Waals surface area contributed by atoms with Gasteiger partial charge in [-0.3, -0.25) is 4.79 Å². The molecule has 0 bridgehead atoms. The Labute approximate surface area is 263 Å². The second-order valence-electron chi connectivity index (χ2n) is 17.0. The first-order valence-electron chi connectivity index (χ1n) is 17.1. The van der Waals surface area contributed by atoms with Gasteiger partial charge in [-0.05, 0) is 114 Å². The van der Waals surface area contributed by atoms with E-state index in [0.29, 0.717) is 30.0 Å². The third-order valence-corrected chi connectivity index (χ3v) is 15.0. The molecule has 0 saturated heterocycles. The Morgan fingerprint density at radius 2 is 1.74 bits per heavy atom. The number of alkyl halides is 1. The van der Waals surface area contributed by atoms with Crippen molar-refractivity contribution in [3.8, 4) is 0 Å². The van der Waals surface area contributed by atoms with Gasteiger partial charge in [0.15, 0.2) is 11.5 Å². The Hall–Kier alpha value is -1.65. The molecule has 6 aliphatic carbocycles. The number of aromatic nitrogens is 1. The molecule has 0 aromatic carbocycles. The van der Waals surface area contributed by atoms with Gasteiger partial charge in [0.25, 0.3) is 0 Å². The maximum Gasteiger partial charge on any atom is 0.205 e. The number of rotatable bonds is 3.